The summed E-state index contributed by atoms with van der Waals surface area (Å²) in [6, 6.07) is 16.3. The summed E-state index contributed by atoms with van der Waals surface area (Å²) in [6.07, 6.45) is -4.60. The van der Waals surface area contributed by atoms with Gasteiger partial charge in [0.1, 0.15) is 11.5 Å². The largest absolute Gasteiger partial charge is 0.457 e. The number of ether oxygens (including phenoxy) is 1. The number of rotatable bonds is 12. The zero-order chi connectivity index (χ0) is 30.5. The van der Waals surface area contributed by atoms with E-state index in [4.69, 9.17) is 16.3 Å². The highest BCUT2D eigenvalue weighted by molar-refractivity contribution is 7.89. The van der Waals surface area contributed by atoms with Gasteiger partial charge in [-0.25, -0.2) is 13.2 Å². The monoisotopic (exact) mass is 627 g/mol. The van der Waals surface area contributed by atoms with E-state index in [1.807, 2.05) is 0 Å². The Labute approximate surface area is 246 Å². The Kier molecular flexibility index (Phi) is 10.00. The Morgan fingerprint density at radius 2 is 1.55 bits per heavy atom. The Hall–Kier alpha value is -3.36. The van der Waals surface area contributed by atoms with Crippen LogP contribution in [-0.4, -0.2) is 79.0 Å². The molecule has 0 aliphatic carbocycles. The maximum Gasteiger partial charge on any atom is 0.416 e. The number of anilines is 1. The van der Waals surface area contributed by atoms with E-state index in [9.17, 15) is 36.6 Å². The van der Waals surface area contributed by atoms with Crippen LogP contribution in [0.15, 0.2) is 72.8 Å². The maximum absolute atomic E-state index is 13.6. The molecule has 0 saturated carbocycles. The van der Waals surface area contributed by atoms with Gasteiger partial charge in [-0.1, -0.05) is 23.7 Å². The summed E-state index contributed by atoms with van der Waals surface area (Å²) in [4.78, 5) is 16.2. The van der Waals surface area contributed by atoms with E-state index in [1.54, 1.807) is 48.5 Å². The summed E-state index contributed by atoms with van der Waals surface area (Å²) < 4.78 is 72.9. The molecular weight excluding hydrogens is 599 g/mol. The van der Waals surface area contributed by atoms with Gasteiger partial charge in [0.05, 0.1) is 30.6 Å². The number of amides is 2. The van der Waals surface area contributed by atoms with Crippen LogP contribution in [0.2, 0.25) is 5.02 Å². The summed E-state index contributed by atoms with van der Waals surface area (Å²) in [5.74, 6) is 0.463. The normalized spacial score (nSPS) is 16.0. The molecule has 226 valence electrons. The molecule has 1 aliphatic rings. The van der Waals surface area contributed by atoms with Crippen LogP contribution in [0.3, 0.4) is 0 Å². The molecule has 1 fully saturated rings. The fraction of sp³-hybridized carbons (Fsp3) is 0.321. The Bertz CT molecular complexity index is 1470. The van der Waals surface area contributed by atoms with Gasteiger partial charge in [-0.2, -0.15) is 17.5 Å². The molecule has 42 heavy (non-hydrogen) atoms. The van der Waals surface area contributed by atoms with E-state index in [1.165, 1.54) is 21.9 Å². The van der Waals surface area contributed by atoms with E-state index in [2.05, 4.69) is 0 Å². The first-order valence-corrected chi connectivity index (χ1v) is 14.9. The number of urea groups is 1. The van der Waals surface area contributed by atoms with Crippen LogP contribution >= 0.6 is 11.6 Å². The highest BCUT2D eigenvalue weighted by atomic mass is 35.5. The van der Waals surface area contributed by atoms with Crippen molar-refractivity contribution in [3.8, 4) is 11.5 Å². The molecule has 3 aromatic carbocycles. The number of benzene rings is 3. The fourth-order valence-electron chi connectivity index (χ4n) is 4.59. The summed E-state index contributed by atoms with van der Waals surface area (Å²) in [7, 11) is -3.96. The number of nitrogens with zero attached hydrogens (tertiary/aromatic N) is 3. The third-order valence-electron chi connectivity index (χ3n) is 6.66. The second-order valence-electron chi connectivity index (χ2n) is 9.45. The second kappa shape index (κ2) is 13.3. The minimum absolute atomic E-state index is 0.0707. The molecule has 0 radical (unpaired) electrons. The molecule has 9 nitrogen and oxygen atoms in total. The summed E-state index contributed by atoms with van der Waals surface area (Å²) in [6.45, 7) is -1.67. The smallest absolute Gasteiger partial charge is 0.416 e. The van der Waals surface area contributed by atoms with E-state index >= 15 is 0 Å². The molecule has 1 atom stereocenters. The van der Waals surface area contributed by atoms with Crippen molar-refractivity contribution < 1.29 is 41.3 Å². The average Bonchev–Trinajstić information content (AvgIpc) is 3.29. The molecule has 1 saturated heterocycles. The van der Waals surface area contributed by atoms with Crippen LogP contribution in [-0.2, 0) is 16.2 Å². The van der Waals surface area contributed by atoms with Gasteiger partial charge in [0.25, 0.3) is 0 Å². The van der Waals surface area contributed by atoms with Gasteiger partial charge in [0, 0.05) is 36.9 Å². The highest BCUT2D eigenvalue weighted by Gasteiger charge is 2.41. The minimum atomic E-state index is -4.60. The zero-order valence-corrected chi connectivity index (χ0v) is 23.8. The number of hydrogen-bond acceptors (Lipinski definition) is 6. The minimum Gasteiger partial charge on any atom is -0.457 e. The molecular formula is C28H29ClF3N3O6S. The standard InChI is InChI=1S/C28H29ClF3N3O6S/c29-22-4-8-24(9-5-22)41-25-10-6-23(7-11-25)35-26(20-2-1-3-21(18-20)28(30,31)32)19-33(27(35)38)14-17-42(39,40)34(12-15-36)13-16-37/h1-11,18,26,36-37H,12-17,19H2/t26-/m1/s1. The number of halogens is 4. The Morgan fingerprint density at radius 3 is 2.12 bits per heavy atom. The number of carbonyl (C=O) groups excluding carboxylic acids is 1. The number of aliphatic hydroxyl groups is 2. The van der Waals surface area contributed by atoms with Gasteiger partial charge in [0.15, 0.2) is 0 Å². The van der Waals surface area contributed by atoms with Crippen molar-refractivity contribution in [2.75, 3.05) is 50.0 Å². The first kappa shape index (κ1) is 31.6. The van der Waals surface area contributed by atoms with Crippen LogP contribution in [0.1, 0.15) is 17.2 Å². The van der Waals surface area contributed by atoms with Gasteiger partial charge in [-0.15, -0.1) is 0 Å². The average molecular weight is 628 g/mol. The lowest BCUT2D eigenvalue weighted by atomic mass is 10.0. The Morgan fingerprint density at radius 1 is 0.952 bits per heavy atom. The molecule has 4 rings (SSSR count). The molecule has 2 amide bonds. The molecule has 0 aromatic heterocycles. The van der Waals surface area contributed by atoms with Gasteiger partial charge < -0.3 is 19.8 Å². The topological polar surface area (TPSA) is 111 Å². The first-order chi connectivity index (χ1) is 19.9. The van der Waals surface area contributed by atoms with Crippen LogP contribution < -0.4 is 9.64 Å². The molecule has 0 unspecified atom stereocenters. The van der Waals surface area contributed by atoms with Crippen molar-refractivity contribution in [2.45, 2.75) is 12.2 Å². The quantitative estimate of drug-likeness (QED) is 0.300. The molecule has 3 aromatic rings. The maximum atomic E-state index is 13.6. The van der Waals surface area contributed by atoms with Gasteiger partial charge in [0.2, 0.25) is 10.0 Å². The van der Waals surface area contributed by atoms with Crippen LogP contribution in [0.25, 0.3) is 0 Å². The van der Waals surface area contributed by atoms with Crippen molar-refractivity contribution in [2.24, 2.45) is 0 Å². The first-order valence-electron chi connectivity index (χ1n) is 12.9. The van der Waals surface area contributed by atoms with Crippen LogP contribution in [0.5, 0.6) is 11.5 Å². The van der Waals surface area contributed by atoms with Crippen molar-refractivity contribution in [1.29, 1.82) is 0 Å². The van der Waals surface area contributed by atoms with Crippen molar-refractivity contribution in [3.63, 3.8) is 0 Å². The molecule has 1 aliphatic heterocycles. The van der Waals surface area contributed by atoms with Crippen LogP contribution in [0.4, 0.5) is 23.7 Å². The van der Waals surface area contributed by atoms with Crippen LogP contribution in [0, 0.1) is 0 Å². The summed E-state index contributed by atoms with van der Waals surface area (Å²) in [5.41, 5.74) is -0.269. The lowest BCUT2D eigenvalue weighted by molar-refractivity contribution is -0.137. The molecule has 1 heterocycles. The number of carbonyl (C=O) groups is 1. The van der Waals surface area contributed by atoms with E-state index < -0.39 is 52.8 Å². The summed E-state index contributed by atoms with van der Waals surface area (Å²) in [5, 5.41) is 19.0. The number of alkyl halides is 3. The fourth-order valence-corrected chi connectivity index (χ4v) is 6.14. The number of hydrogen-bond donors (Lipinski definition) is 2. The van der Waals surface area contributed by atoms with Crippen molar-refractivity contribution in [1.82, 2.24) is 9.21 Å². The van der Waals surface area contributed by atoms with Gasteiger partial charge in [-0.3, -0.25) is 4.90 Å². The second-order valence-corrected chi connectivity index (χ2v) is 12.0. The molecule has 0 spiro atoms. The van der Waals surface area contributed by atoms with E-state index in [0.717, 1.165) is 16.4 Å². The summed E-state index contributed by atoms with van der Waals surface area (Å²) >= 11 is 5.91. The number of sulfonamides is 1. The van der Waals surface area contributed by atoms with E-state index in [0.29, 0.717) is 22.2 Å². The van der Waals surface area contributed by atoms with E-state index in [-0.39, 0.29) is 31.7 Å². The van der Waals surface area contributed by atoms with Gasteiger partial charge >= 0.3 is 12.2 Å². The predicted octanol–water partition coefficient (Wildman–Crippen LogP) is 4.75. The third kappa shape index (κ3) is 7.53. The molecule has 14 heteroatoms. The van der Waals surface area contributed by atoms with Crippen molar-refractivity contribution >= 4 is 33.3 Å². The van der Waals surface area contributed by atoms with Gasteiger partial charge in [-0.05, 0) is 66.2 Å². The van der Waals surface area contributed by atoms with Crippen molar-refractivity contribution in [3.05, 3.63) is 88.9 Å². The number of aliphatic hydroxyl groups excluding tert-OH is 2. The molecule has 2 N–H and O–H groups in total. The Balaban J connectivity index is 1.61. The molecule has 0 bridgehead atoms. The third-order valence-corrected chi connectivity index (χ3v) is 8.76. The lowest BCUT2D eigenvalue weighted by Crippen LogP contribution is -2.41. The lowest BCUT2D eigenvalue weighted by Gasteiger charge is -2.24. The highest BCUT2D eigenvalue weighted by Crippen LogP contribution is 2.38. The SMILES string of the molecule is O=C1N(CCS(=O)(=O)N(CCO)CCO)C[C@H](c2cccc(C(F)(F)F)c2)N1c1ccc(Oc2ccc(Cl)cc2)cc1. The predicted molar refractivity (Wildman–Crippen MR) is 151 cm³/mol. The zero-order valence-electron chi connectivity index (χ0n) is 22.2.